The summed E-state index contributed by atoms with van der Waals surface area (Å²) in [6.07, 6.45) is 4.03. The van der Waals surface area contributed by atoms with Crippen molar-refractivity contribution in [1.29, 1.82) is 0 Å². The standard InChI is InChI=1S/C22H28FN3O2/c1-27-18-7-6-15(19(23)11-18)12-26-13-16-9-20(21(28-2)10-17(16)14-26)25-22-5-3-4-8-24-22/h3-8,11,16-17,20-21H,9-10,12-14H2,1-2H3,(H,24,25)/t16-,17+,20-,21-/m1/s1. The molecule has 150 valence electrons. The highest BCUT2D eigenvalue weighted by molar-refractivity contribution is 5.35. The molecule has 2 aliphatic rings. The maximum absolute atomic E-state index is 14.3. The number of aromatic nitrogens is 1. The SMILES string of the molecule is COc1ccc(CN2C[C@H]3C[C@@H](Nc4ccccn4)[C@H](OC)C[C@H]3C2)c(F)c1. The van der Waals surface area contributed by atoms with E-state index in [1.165, 1.54) is 6.07 Å². The van der Waals surface area contributed by atoms with E-state index in [0.29, 0.717) is 24.1 Å². The molecule has 0 unspecified atom stereocenters. The van der Waals surface area contributed by atoms with Gasteiger partial charge in [0.15, 0.2) is 0 Å². The molecule has 0 bridgehead atoms. The van der Waals surface area contributed by atoms with Crippen molar-refractivity contribution in [2.45, 2.75) is 31.5 Å². The number of hydrogen-bond acceptors (Lipinski definition) is 5. The number of likely N-dealkylation sites (tertiary alicyclic amines) is 1. The van der Waals surface area contributed by atoms with Gasteiger partial charge >= 0.3 is 0 Å². The number of fused-ring (bicyclic) bond motifs is 1. The molecule has 4 atom stereocenters. The molecule has 1 aliphatic carbocycles. The van der Waals surface area contributed by atoms with Crippen molar-refractivity contribution in [2.75, 3.05) is 32.6 Å². The summed E-state index contributed by atoms with van der Waals surface area (Å²) in [7, 11) is 3.35. The van der Waals surface area contributed by atoms with E-state index in [4.69, 9.17) is 9.47 Å². The van der Waals surface area contributed by atoms with Gasteiger partial charge < -0.3 is 14.8 Å². The first-order chi connectivity index (χ1) is 13.7. The van der Waals surface area contributed by atoms with Crippen molar-refractivity contribution in [3.8, 4) is 5.75 Å². The molecule has 2 aromatic rings. The minimum Gasteiger partial charge on any atom is -0.497 e. The zero-order chi connectivity index (χ0) is 19.5. The molecule has 1 saturated carbocycles. The maximum Gasteiger partial charge on any atom is 0.131 e. The van der Waals surface area contributed by atoms with Gasteiger partial charge in [0.1, 0.15) is 17.4 Å². The van der Waals surface area contributed by atoms with Crippen molar-refractivity contribution < 1.29 is 13.9 Å². The van der Waals surface area contributed by atoms with Gasteiger partial charge in [0.05, 0.1) is 19.3 Å². The Labute approximate surface area is 165 Å². The van der Waals surface area contributed by atoms with Crippen molar-refractivity contribution in [2.24, 2.45) is 11.8 Å². The van der Waals surface area contributed by atoms with E-state index in [2.05, 4.69) is 15.2 Å². The Morgan fingerprint density at radius 3 is 2.64 bits per heavy atom. The second-order valence-electron chi connectivity index (χ2n) is 7.88. The van der Waals surface area contributed by atoms with E-state index in [1.807, 2.05) is 30.3 Å². The van der Waals surface area contributed by atoms with Crippen LogP contribution in [0.3, 0.4) is 0 Å². The van der Waals surface area contributed by atoms with Gasteiger partial charge in [-0.3, -0.25) is 4.90 Å². The van der Waals surface area contributed by atoms with Crippen LogP contribution >= 0.6 is 0 Å². The summed E-state index contributed by atoms with van der Waals surface area (Å²) in [5.41, 5.74) is 0.728. The first-order valence-corrected chi connectivity index (χ1v) is 9.91. The molecule has 5 nitrogen and oxygen atoms in total. The summed E-state index contributed by atoms with van der Waals surface area (Å²) < 4.78 is 25.2. The average Bonchev–Trinajstić information content (AvgIpc) is 3.10. The molecule has 2 fully saturated rings. The van der Waals surface area contributed by atoms with Crippen LogP contribution in [0.25, 0.3) is 0 Å². The quantitative estimate of drug-likeness (QED) is 0.824. The summed E-state index contributed by atoms with van der Waals surface area (Å²) in [5.74, 6) is 2.44. The number of rotatable bonds is 6. The van der Waals surface area contributed by atoms with Crippen LogP contribution in [-0.4, -0.2) is 49.3 Å². The summed E-state index contributed by atoms with van der Waals surface area (Å²) in [5, 5.41) is 3.55. The van der Waals surface area contributed by atoms with E-state index in [-0.39, 0.29) is 18.0 Å². The molecule has 1 N–H and O–H groups in total. The highest BCUT2D eigenvalue weighted by atomic mass is 19.1. The summed E-state index contributed by atoms with van der Waals surface area (Å²) in [4.78, 5) is 6.76. The van der Waals surface area contributed by atoms with Crippen LogP contribution in [0, 0.1) is 17.7 Å². The Balaban J connectivity index is 1.40. The van der Waals surface area contributed by atoms with Gasteiger partial charge in [-0.15, -0.1) is 0 Å². The molecule has 4 rings (SSSR count). The van der Waals surface area contributed by atoms with Gasteiger partial charge in [0.25, 0.3) is 0 Å². The van der Waals surface area contributed by atoms with Crippen molar-refractivity contribution in [3.63, 3.8) is 0 Å². The number of benzene rings is 1. The number of anilines is 1. The molecular formula is C22H28FN3O2. The zero-order valence-electron chi connectivity index (χ0n) is 16.5. The highest BCUT2D eigenvalue weighted by Crippen LogP contribution is 2.39. The molecule has 28 heavy (non-hydrogen) atoms. The van der Waals surface area contributed by atoms with Crippen LogP contribution < -0.4 is 10.1 Å². The Morgan fingerprint density at radius 1 is 1.14 bits per heavy atom. The minimum absolute atomic E-state index is 0.168. The number of pyridine rings is 1. The molecule has 1 aliphatic heterocycles. The number of hydrogen-bond donors (Lipinski definition) is 1. The fraction of sp³-hybridized carbons (Fsp3) is 0.500. The molecule has 0 radical (unpaired) electrons. The van der Waals surface area contributed by atoms with Gasteiger partial charge in [0, 0.05) is 44.6 Å². The Morgan fingerprint density at radius 2 is 1.96 bits per heavy atom. The smallest absolute Gasteiger partial charge is 0.131 e. The third-order valence-electron chi connectivity index (χ3n) is 6.15. The lowest BCUT2D eigenvalue weighted by Crippen LogP contribution is -2.44. The first kappa shape index (κ1) is 19.2. The lowest BCUT2D eigenvalue weighted by atomic mass is 9.77. The molecule has 1 aromatic carbocycles. The van der Waals surface area contributed by atoms with Crippen LogP contribution in [-0.2, 0) is 11.3 Å². The highest BCUT2D eigenvalue weighted by Gasteiger charge is 2.42. The fourth-order valence-corrected chi connectivity index (χ4v) is 4.71. The fourth-order valence-electron chi connectivity index (χ4n) is 4.71. The second kappa shape index (κ2) is 8.45. The lowest BCUT2D eigenvalue weighted by Gasteiger charge is -2.37. The van der Waals surface area contributed by atoms with Crippen LogP contribution in [0.4, 0.5) is 10.2 Å². The molecule has 0 amide bonds. The number of halogens is 1. The normalized spacial score (nSPS) is 27.4. The zero-order valence-corrected chi connectivity index (χ0v) is 16.5. The Hall–Kier alpha value is -2.18. The molecule has 1 aromatic heterocycles. The molecule has 1 saturated heterocycles. The Bertz CT molecular complexity index is 789. The predicted molar refractivity (Wildman–Crippen MR) is 107 cm³/mol. The number of nitrogens with one attached hydrogen (secondary N) is 1. The summed E-state index contributed by atoms with van der Waals surface area (Å²) >= 11 is 0. The first-order valence-electron chi connectivity index (χ1n) is 9.91. The van der Waals surface area contributed by atoms with Gasteiger partial charge in [-0.2, -0.15) is 0 Å². The van der Waals surface area contributed by atoms with E-state index in [1.54, 1.807) is 20.4 Å². The van der Waals surface area contributed by atoms with E-state index < -0.39 is 0 Å². The third-order valence-corrected chi connectivity index (χ3v) is 6.15. The molecular weight excluding hydrogens is 357 g/mol. The van der Waals surface area contributed by atoms with Gasteiger partial charge in [-0.1, -0.05) is 12.1 Å². The molecule has 6 heteroatoms. The van der Waals surface area contributed by atoms with Crippen LogP contribution in [0.5, 0.6) is 5.75 Å². The van der Waals surface area contributed by atoms with Crippen LogP contribution in [0.15, 0.2) is 42.6 Å². The third kappa shape index (κ3) is 4.13. The van der Waals surface area contributed by atoms with Crippen LogP contribution in [0.2, 0.25) is 0 Å². The van der Waals surface area contributed by atoms with Crippen molar-refractivity contribution >= 4 is 5.82 Å². The van der Waals surface area contributed by atoms with Crippen LogP contribution in [0.1, 0.15) is 18.4 Å². The minimum atomic E-state index is -0.196. The van der Waals surface area contributed by atoms with E-state index in [0.717, 1.165) is 37.3 Å². The lowest BCUT2D eigenvalue weighted by molar-refractivity contribution is 0.0304. The number of ether oxygens (including phenoxy) is 2. The summed E-state index contributed by atoms with van der Waals surface area (Å²) in [6.45, 7) is 2.62. The number of nitrogens with zero attached hydrogens (tertiary/aromatic N) is 2. The van der Waals surface area contributed by atoms with Gasteiger partial charge in [-0.25, -0.2) is 9.37 Å². The topological polar surface area (TPSA) is 46.6 Å². The Kier molecular flexibility index (Phi) is 5.78. The molecule has 2 heterocycles. The number of methoxy groups -OCH3 is 2. The maximum atomic E-state index is 14.3. The van der Waals surface area contributed by atoms with Gasteiger partial charge in [0.2, 0.25) is 0 Å². The summed E-state index contributed by atoms with van der Waals surface area (Å²) in [6, 6.07) is 11.3. The largest absolute Gasteiger partial charge is 0.497 e. The van der Waals surface area contributed by atoms with Gasteiger partial charge in [-0.05, 0) is 42.9 Å². The van der Waals surface area contributed by atoms with E-state index >= 15 is 0 Å². The van der Waals surface area contributed by atoms with E-state index in [9.17, 15) is 4.39 Å². The van der Waals surface area contributed by atoms with Crippen molar-refractivity contribution in [3.05, 3.63) is 54.0 Å². The monoisotopic (exact) mass is 385 g/mol. The predicted octanol–water partition coefficient (Wildman–Crippen LogP) is 3.57. The second-order valence-corrected chi connectivity index (χ2v) is 7.88. The van der Waals surface area contributed by atoms with Crippen molar-refractivity contribution in [1.82, 2.24) is 9.88 Å². The molecule has 0 spiro atoms. The average molecular weight is 385 g/mol.